The lowest BCUT2D eigenvalue weighted by molar-refractivity contribution is -0.136. The molecule has 412 valence electrons. The van der Waals surface area contributed by atoms with Crippen LogP contribution in [0.2, 0.25) is 0 Å². The third-order valence-corrected chi connectivity index (χ3v) is 12.2. The Bertz CT molecular complexity index is 1910. The summed E-state index contributed by atoms with van der Waals surface area (Å²) in [7, 11) is 0. The molecule has 23 nitrogen and oxygen atoms in total. The van der Waals surface area contributed by atoms with Crippen molar-refractivity contribution in [2.45, 2.75) is 179 Å². The average molecular weight is 1030 g/mol. The number of nitrogens with two attached hydrogens (primary N) is 4. The molecule has 1 aromatic carbocycles. The van der Waals surface area contributed by atoms with Gasteiger partial charge in [-0.3, -0.25) is 43.2 Å². The summed E-state index contributed by atoms with van der Waals surface area (Å²) in [5.41, 5.74) is 24.3. The molecule has 1 heterocycles. The van der Waals surface area contributed by atoms with Crippen LogP contribution in [0.4, 0.5) is 0 Å². The topological polar surface area (TPSA) is 386 Å². The zero-order chi connectivity index (χ0) is 54.5. The normalized spacial score (nSPS) is 23.2. The van der Waals surface area contributed by atoms with Crippen LogP contribution in [0.25, 0.3) is 0 Å². The molecule has 1 aliphatic rings. The Balaban J connectivity index is 2.65. The van der Waals surface area contributed by atoms with Crippen LogP contribution in [0.15, 0.2) is 30.3 Å². The minimum absolute atomic E-state index is 0.0473. The summed E-state index contributed by atoms with van der Waals surface area (Å²) in [5, 5.41) is 34.5. The van der Waals surface area contributed by atoms with Crippen molar-refractivity contribution in [1.29, 1.82) is 0 Å². The highest BCUT2D eigenvalue weighted by atomic mass is 16.3. The first kappa shape index (κ1) is 63.4. The molecule has 0 bridgehead atoms. The molecule has 23 heteroatoms. The number of unbranched alkanes of at least 4 members (excludes halogenated alkanes) is 4. The first-order valence-corrected chi connectivity index (χ1v) is 26.0. The molecule has 0 unspecified atom stereocenters. The van der Waals surface area contributed by atoms with Crippen LogP contribution >= 0.6 is 0 Å². The molecule has 0 radical (unpaired) electrons. The van der Waals surface area contributed by atoms with E-state index in [0.29, 0.717) is 12.0 Å². The first-order chi connectivity index (χ1) is 34.8. The van der Waals surface area contributed by atoms with Gasteiger partial charge < -0.3 is 75.9 Å². The maximum atomic E-state index is 14.3. The van der Waals surface area contributed by atoms with Crippen LogP contribution in [0, 0.1) is 11.8 Å². The summed E-state index contributed by atoms with van der Waals surface area (Å²) in [6, 6.07) is -1.77. The Kier molecular flexibility index (Phi) is 30.1. The van der Waals surface area contributed by atoms with Crippen LogP contribution in [0.5, 0.6) is 0 Å². The average Bonchev–Trinajstić information content (AvgIpc) is 3.33. The molecule has 0 aliphatic carbocycles. The van der Waals surface area contributed by atoms with Gasteiger partial charge in [0.25, 0.3) is 0 Å². The zero-order valence-electron chi connectivity index (χ0n) is 43.6. The number of benzene rings is 1. The summed E-state index contributed by atoms with van der Waals surface area (Å²) in [4.78, 5) is 125. The molecular formula is C50H87N13O10. The van der Waals surface area contributed by atoms with Gasteiger partial charge in [0.05, 0.1) is 12.5 Å². The van der Waals surface area contributed by atoms with Crippen molar-refractivity contribution in [3.05, 3.63) is 35.9 Å². The summed E-state index contributed by atoms with van der Waals surface area (Å²) in [5.74, 6) is -7.22. The number of hydrogen-bond donors (Lipinski definition) is 14. The Morgan fingerprint density at radius 1 is 0.616 bits per heavy atom. The fraction of sp³-hybridized carbons (Fsp3) is 0.700. The van der Waals surface area contributed by atoms with E-state index in [9.17, 15) is 48.3 Å². The molecular weight excluding hydrogens is 943 g/mol. The van der Waals surface area contributed by atoms with E-state index in [1.165, 1.54) is 0 Å². The van der Waals surface area contributed by atoms with Crippen LogP contribution < -0.4 is 70.8 Å². The van der Waals surface area contributed by atoms with Gasteiger partial charge in [-0.25, -0.2) is 0 Å². The quantitative estimate of drug-likeness (QED) is 0.0491. The van der Waals surface area contributed by atoms with Crippen molar-refractivity contribution in [2.75, 3.05) is 32.7 Å². The van der Waals surface area contributed by atoms with Gasteiger partial charge in [0, 0.05) is 19.5 Å². The second-order valence-electron chi connectivity index (χ2n) is 19.6. The number of aliphatic hydroxyl groups is 1. The second-order valence-corrected chi connectivity index (χ2v) is 19.6. The summed E-state index contributed by atoms with van der Waals surface area (Å²) in [6.45, 7) is 8.50. The van der Waals surface area contributed by atoms with Gasteiger partial charge in [0.2, 0.25) is 53.2 Å². The zero-order valence-corrected chi connectivity index (χ0v) is 43.6. The van der Waals surface area contributed by atoms with E-state index >= 15 is 0 Å². The number of hydrogen-bond acceptors (Lipinski definition) is 14. The molecule has 1 aromatic rings. The maximum Gasteiger partial charge on any atom is 0.244 e. The second kappa shape index (κ2) is 34.6. The highest BCUT2D eigenvalue weighted by molar-refractivity contribution is 5.98. The Hall–Kier alpha value is -5.75. The summed E-state index contributed by atoms with van der Waals surface area (Å²) >= 11 is 0. The number of aliphatic hydroxyl groups excluding tert-OH is 1. The van der Waals surface area contributed by atoms with Gasteiger partial charge in [0.1, 0.15) is 48.3 Å². The lowest BCUT2D eigenvalue weighted by Gasteiger charge is -2.28. The van der Waals surface area contributed by atoms with Crippen molar-refractivity contribution < 1.29 is 48.3 Å². The van der Waals surface area contributed by atoms with Crippen LogP contribution in [-0.4, -0.2) is 145 Å². The molecule has 1 saturated heterocycles. The largest absolute Gasteiger partial charge is 0.393 e. The molecule has 0 saturated carbocycles. The lowest BCUT2D eigenvalue weighted by atomic mass is 10.00. The SMILES string of the molecule is CCCCCCC[C@@H](O)CC(=O)N[C@H](CCN)C(=O)N[C@H]1CCNC(=O)[C@H](CC(C)C)NC(=O)[C@H](CCN)NC(=O)[C@H](CCN)NC(=O)[C@H](CC(C)C)NC(=O)[C@@H](Cc2ccccc2)NC(=O)[C@H](CN)NC1=O. The Morgan fingerprint density at radius 2 is 1.11 bits per heavy atom. The molecule has 0 spiro atoms. The van der Waals surface area contributed by atoms with Crippen molar-refractivity contribution in [2.24, 2.45) is 34.8 Å². The van der Waals surface area contributed by atoms with E-state index in [1.807, 2.05) is 27.7 Å². The van der Waals surface area contributed by atoms with Crippen molar-refractivity contribution in [1.82, 2.24) is 47.9 Å². The molecule has 18 N–H and O–H groups in total. The highest BCUT2D eigenvalue weighted by Crippen LogP contribution is 2.13. The number of carbonyl (C=O) groups is 9. The Morgan fingerprint density at radius 3 is 1.64 bits per heavy atom. The van der Waals surface area contributed by atoms with Gasteiger partial charge >= 0.3 is 0 Å². The van der Waals surface area contributed by atoms with E-state index in [2.05, 4.69) is 54.8 Å². The number of rotatable bonds is 24. The Labute approximate surface area is 430 Å². The molecule has 2 rings (SSSR count). The van der Waals surface area contributed by atoms with Gasteiger partial charge in [-0.1, -0.05) is 97.1 Å². The highest BCUT2D eigenvalue weighted by Gasteiger charge is 2.35. The van der Waals surface area contributed by atoms with Crippen LogP contribution in [-0.2, 0) is 49.6 Å². The lowest BCUT2D eigenvalue weighted by Crippen LogP contribution is -2.61. The van der Waals surface area contributed by atoms with Crippen LogP contribution in [0.1, 0.15) is 124 Å². The molecule has 9 amide bonds. The van der Waals surface area contributed by atoms with Crippen molar-refractivity contribution >= 4 is 53.2 Å². The van der Waals surface area contributed by atoms with Gasteiger partial charge in [-0.15, -0.1) is 0 Å². The fourth-order valence-electron chi connectivity index (χ4n) is 8.19. The smallest absolute Gasteiger partial charge is 0.244 e. The van der Waals surface area contributed by atoms with Crippen LogP contribution in [0.3, 0.4) is 0 Å². The molecule has 73 heavy (non-hydrogen) atoms. The standard InChI is InChI=1S/C50H87N13O10/c1-6-7-8-9-13-16-33(64)28-42(65)56-34(17-21-51)44(67)59-37-20-24-55-43(66)38(25-30(2)3)60-46(69)36(19-23-53)57-45(68)35(18-22-52)58-48(71)39(26-31(4)5)61-49(72)40(27-32-14-11-10-12-15-32)62-50(73)41(29-54)63-47(37)70/h10-12,14-15,30-31,33-41,64H,6-9,13,16-29,51-54H2,1-5H3,(H,55,66)(H,56,65)(H,57,68)(H,58,71)(H,59,67)(H,60,69)(H,61,72)(H,62,73)(H,63,70)/t33-,34-,35+,36+,37+,38+,39+,40-,41+/m1/s1. The third-order valence-electron chi connectivity index (χ3n) is 12.2. The van der Waals surface area contributed by atoms with E-state index in [4.69, 9.17) is 22.9 Å². The van der Waals surface area contributed by atoms with Gasteiger partial charge in [-0.05, 0) is 82.0 Å². The number of carbonyl (C=O) groups excluding carboxylic acids is 9. The fourth-order valence-corrected chi connectivity index (χ4v) is 8.19. The van der Waals surface area contributed by atoms with E-state index in [1.54, 1.807) is 30.3 Å². The summed E-state index contributed by atoms with van der Waals surface area (Å²) < 4.78 is 0. The molecule has 9 atom stereocenters. The minimum Gasteiger partial charge on any atom is -0.393 e. The molecule has 0 aromatic heterocycles. The van der Waals surface area contributed by atoms with Crippen molar-refractivity contribution in [3.8, 4) is 0 Å². The first-order valence-electron chi connectivity index (χ1n) is 26.0. The summed E-state index contributed by atoms with van der Waals surface area (Å²) in [6.07, 6.45) is 3.67. The maximum absolute atomic E-state index is 14.3. The van der Waals surface area contributed by atoms with E-state index in [0.717, 1.165) is 32.1 Å². The third kappa shape index (κ3) is 24.2. The van der Waals surface area contributed by atoms with Gasteiger partial charge in [0.15, 0.2) is 0 Å². The van der Waals surface area contributed by atoms with Gasteiger partial charge in [-0.2, -0.15) is 0 Å². The predicted molar refractivity (Wildman–Crippen MR) is 276 cm³/mol. The number of nitrogens with one attached hydrogen (secondary N) is 9. The van der Waals surface area contributed by atoms with Crippen molar-refractivity contribution in [3.63, 3.8) is 0 Å². The minimum atomic E-state index is -1.49. The predicted octanol–water partition coefficient (Wildman–Crippen LogP) is -2.16. The van der Waals surface area contributed by atoms with E-state index < -0.39 is 114 Å². The molecule has 1 fully saturated rings. The monoisotopic (exact) mass is 1030 g/mol. The van der Waals surface area contributed by atoms with E-state index in [-0.39, 0.29) is 89.4 Å². The number of amides is 9. The molecule has 1 aliphatic heterocycles.